The summed E-state index contributed by atoms with van der Waals surface area (Å²) in [4.78, 5) is 0. The second-order valence-electron chi connectivity index (χ2n) is 4.98. The smallest absolute Gasteiger partial charge is 0.189 e. The highest BCUT2D eigenvalue weighted by molar-refractivity contribution is 6.30. The Bertz CT molecular complexity index is 673. The van der Waals surface area contributed by atoms with Crippen LogP contribution in [0, 0.1) is 6.92 Å². The van der Waals surface area contributed by atoms with Gasteiger partial charge in [-0.1, -0.05) is 11.6 Å². The van der Waals surface area contributed by atoms with E-state index in [2.05, 4.69) is 0 Å². The van der Waals surface area contributed by atoms with Crippen LogP contribution in [0.5, 0.6) is 11.5 Å². The van der Waals surface area contributed by atoms with Crippen LogP contribution in [0.3, 0.4) is 0 Å². The SMILES string of the molecule is Cc1cc(Cl)ccc1OCc1cc(N)cc2c1OCOC2. The Labute approximate surface area is 128 Å². The predicted octanol–water partition coefficient (Wildman–Crippen LogP) is 3.68. The fourth-order valence-electron chi connectivity index (χ4n) is 2.36. The molecule has 0 spiro atoms. The van der Waals surface area contributed by atoms with Crippen LogP contribution < -0.4 is 15.2 Å². The minimum atomic E-state index is 0.254. The summed E-state index contributed by atoms with van der Waals surface area (Å²) in [7, 11) is 0. The Morgan fingerprint density at radius 1 is 1.29 bits per heavy atom. The standard InChI is InChI=1S/C16H16ClNO3/c1-10-4-13(17)2-3-15(10)20-8-12-6-14(18)5-11-7-19-9-21-16(11)12/h2-6H,7-9,18H2,1H3. The second-order valence-corrected chi connectivity index (χ2v) is 5.41. The second kappa shape index (κ2) is 5.84. The summed E-state index contributed by atoms with van der Waals surface area (Å²) in [5, 5.41) is 0.696. The summed E-state index contributed by atoms with van der Waals surface area (Å²) in [6.45, 7) is 3.10. The van der Waals surface area contributed by atoms with Crippen molar-refractivity contribution >= 4 is 17.3 Å². The van der Waals surface area contributed by atoms with Gasteiger partial charge in [-0.05, 0) is 42.8 Å². The Balaban J connectivity index is 1.83. The number of rotatable bonds is 3. The number of ether oxygens (including phenoxy) is 3. The zero-order chi connectivity index (χ0) is 14.8. The van der Waals surface area contributed by atoms with E-state index in [1.165, 1.54) is 0 Å². The third kappa shape index (κ3) is 3.06. The van der Waals surface area contributed by atoms with E-state index < -0.39 is 0 Å². The first-order valence-electron chi connectivity index (χ1n) is 6.64. The lowest BCUT2D eigenvalue weighted by Crippen LogP contribution is -2.14. The molecule has 0 aromatic heterocycles. The zero-order valence-corrected chi connectivity index (χ0v) is 12.4. The third-order valence-electron chi connectivity index (χ3n) is 3.33. The quantitative estimate of drug-likeness (QED) is 0.879. The molecule has 0 radical (unpaired) electrons. The molecule has 2 aromatic carbocycles. The first-order chi connectivity index (χ1) is 10.1. The summed E-state index contributed by atoms with van der Waals surface area (Å²) < 4.78 is 16.7. The molecule has 0 unspecified atom stereocenters. The lowest BCUT2D eigenvalue weighted by atomic mass is 10.1. The van der Waals surface area contributed by atoms with Gasteiger partial charge in [0.1, 0.15) is 18.1 Å². The maximum absolute atomic E-state index is 5.94. The number of hydrogen-bond donors (Lipinski definition) is 1. The number of nitrogen functional groups attached to an aromatic ring is 1. The predicted molar refractivity (Wildman–Crippen MR) is 81.7 cm³/mol. The van der Waals surface area contributed by atoms with Crippen LogP contribution in [0.2, 0.25) is 5.02 Å². The maximum atomic E-state index is 5.94. The molecule has 2 N–H and O–H groups in total. The van der Waals surface area contributed by atoms with Crippen LogP contribution in [0.1, 0.15) is 16.7 Å². The number of benzene rings is 2. The topological polar surface area (TPSA) is 53.7 Å². The normalized spacial score (nSPS) is 13.4. The highest BCUT2D eigenvalue weighted by Gasteiger charge is 2.16. The minimum absolute atomic E-state index is 0.254. The van der Waals surface area contributed by atoms with E-state index in [1.807, 2.05) is 37.3 Å². The van der Waals surface area contributed by atoms with Crippen LogP contribution in [-0.2, 0) is 18.0 Å². The fourth-order valence-corrected chi connectivity index (χ4v) is 2.59. The Morgan fingerprint density at radius 2 is 2.14 bits per heavy atom. The van der Waals surface area contributed by atoms with E-state index in [4.69, 9.17) is 31.5 Å². The monoisotopic (exact) mass is 305 g/mol. The molecule has 0 bridgehead atoms. The zero-order valence-electron chi connectivity index (χ0n) is 11.7. The average molecular weight is 306 g/mol. The van der Waals surface area contributed by atoms with Gasteiger partial charge < -0.3 is 19.9 Å². The van der Waals surface area contributed by atoms with Crippen molar-refractivity contribution in [3.05, 3.63) is 52.0 Å². The molecular formula is C16H16ClNO3. The number of anilines is 1. The van der Waals surface area contributed by atoms with E-state index in [1.54, 1.807) is 0 Å². The minimum Gasteiger partial charge on any atom is -0.488 e. The van der Waals surface area contributed by atoms with Gasteiger partial charge in [-0.2, -0.15) is 0 Å². The number of halogens is 1. The van der Waals surface area contributed by atoms with Gasteiger partial charge in [-0.15, -0.1) is 0 Å². The van der Waals surface area contributed by atoms with Gasteiger partial charge in [0.05, 0.1) is 6.61 Å². The first kappa shape index (κ1) is 14.0. The van der Waals surface area contributed by atoms with Gasteiger partial charge in [0.25, 0.3) is 0 Å². The molecule has 0 saturated heterocycles. The molecule has 0 atom stereocenters. The van der Waals surface area contributed by atoms with Crippen molar-refractivity contribution in [2.45, 2.75) is 20.1 Å². The van der Waals surface area contributed by atoms with Gasteiger partial charge in [0, 0.05) is 21.8 Å². The van der Waals surface area contributed by atoms with Crippen molar-refractivity contribution in [3.63, 3.8) is 0 Å². The van der Waals surface area contributed by atoms with Crippen molar-refractivity contribution in [1.29, 1.82) is 0 Å². The lowest BCUT2D eigenvalue weighted by Gasteiger charge is -2.21. The molecule has 3 rings (SSSR count). The van der Waals surface area contributed by atoms with Crippen LogP contribution in [-0.4, -0.2) is 6.79 Å². The van der Waals surface area contributed by atoms with Crippen molar-refractivity contribution < 1.29 is 14.2 Å². The number of hydrogen-bond acceptors (Lipinski definition) is 4. The maximum Gasteiger partial charge on any atom is 0.189 e. The summed E-state index contributed by atoms with van der Waals surface area (Å²) in [5.74, 6) is 1.60. The Kier molecular flexibility index (Phi) is 3.90. The third-order valence-corrected chi connectivity index (χ3v) is 3.56. The van der Waals surface area contributed by atoms with Crippen molar-refractivity contribution in [1.82, 2.24) is 0 Å². The molecule has 2 aromatic rings. The number of fused-ring (bicyclic) bond motifs is 1. The fraction of sp³-hybridized carbons (Fsp3) is 0.250. The molecule has 0 amide bonds. The summed E-state index contributed by atoms with van der Waals surface area (Å²) in [5.41, 5.74) is 9.45. The van der Waals surface area contributed by atoms with Gasteiger partial charge in [0.15, 0.2) is 6.79 Å². The molecule has 21 heavy (non-hydrogen) atoms. The molecule has 1 aliphatic heterocycles. The largest absolute Gasteiger partial charge is 0.488 e. The van der Waals surface area contributed by atoms with Crippen LogP contribution >= 0.6 is 11.6 Å². The van der Waals surface area contributed by atoms with Gasteiger partial charge in [-0.25, -0.2) is 0 Å². The lowest BCUT2D eigenvalue weighted by molar-refractivity contribution is -0.0175. The molecule has 5 heteroatoms. The number of nitrogens with two attached hydrogens (primary N) is 1. The molecule has 110 valence electrons. The van der Waals surface area contributed by atoms with Gasteiger partial charge >= 0.3 is 0 Å². The highest BCUT2D eigenvalue weighted by atomic mass is 35.5. The number of aryl methyl sites for hydroxylation is 1. The molecule has 0 fully saturated rings. The Morgan fingerprint density at radius 3 is 2.95 bits per heavy atom. The van der Waals surface area contributed by atoms with Crippen LogP contribution in [0.4, 0.5) is 5.69 Å². The summed E-state index contributed by atoms with van der Waals surface area (Å²) in [6, 6.07) is 9.28. The van der Waals surface area contributed by atoms with E-state index >= 15 is 0 Å². The summed E-state index contributed by atoms with van der Waals surface area (Å²) >= 11 is 5.94. The highest BCUT2D eigenvalue weighted by Crippen LogP contribution is 2.32. The van der Waals surface area contributed by atoms with Crippen molar-refractivity contribution in [2.75, 3.05) is 12.5 Å². The van der Waals surface area contributed by atoms with Crippen molar-refractivity contribution in [2.24, 2.45) is 0 Å². The molecule has 1 aliphatic rings. The molecular weight excluding hydrogens is 290 g/mol. The molecule has 0 saturated carbocycles. The molecule has 4 nitrogen and oxygen atoms in total. The molecule has 1 heterocycles. The van der Waals surface area contributed by atoms with E-state index in [-0.39, 0.29) is 6.79 Å². The average Bonchev–Trinajstić information content (AvgIpc) is 2.46. The first-order valence-corrected chi connectivity index (χ1v) is 7.02. The molecule has 0 aliphatic carbocycles. The Hall–Kier alpha value is -1.91. The van der Waals surface area contributed by atoms with Gasteiger partial charge in [-0.3, -0.25) is 0 Å². The van der Waals surface area contributed by atoms with Crippen LogP contribution in [0.25, 0.3) is 0 Å². The van der Waals surface area contributed by atoms with Crippen LogP contribution in [0.15, 0.2) is 30.3 Å². The van der Waals surface area contributed by atoms with Crippen molar-refractivity contribution in [3.8, 4) is 11.5 Å². The summed E-state index contributed by atoms with van der Waals surface area (Å²) in [6.07, 6.45) is 0. The van der Waals surface area contributed by atoms with E-state index in [9.17, 15) is 0 Å². The van der Waals surface area contributed by atoms with E-state index in [0.29, 0.717) is 23.9 Å². The van der Waals surface area contributed by atoms with Gasteiger partial charge in [0.2, 0.25) is 0 Å². The van der Waals surface area contributed by atoms with E-state index in [0.717, 1.165) is 28.2 Å².